The van der Waals surface area contributed by atoms with Crippen LogP contribution in [0.5, 0.6) is 0 Å². The van der Waals surface area contributed by atoms with Crippen LogP contribution in [0.1, 0.15) is 60.0 Å². The van der Waals surface area contributed by atoms with Crippen molar-refractivity contribution < 1.29 is 18.9 Å². The number of aromatic nitrogens is 1. The maximum atomic E-state index is 14.7. The number of nitrogens with zero attached hydrogens (tertiary/aromatic N) is 2. The summed E-state index contributed by atoms with van der Waals surface area (Å²) in [5.74, 6) is -0.529. The fourth-order valence-corrected chi connectivity index (χ4v) is 7.62. The van der Waals surface area contributed by atoms with Gasteiger partial charge < -0.3 is 14.7 Å². The number of nitrogens with one attached hydrogen (secondary N) is 1. The number of hydrogen-bond donors (Lipinski definition) is 1. The Morgan fingerprint density at radius 3 is 1.91 bits per heavy atom. The van der Waals surface area contributed by atoms with Gasteiger partial charge in [0.2, 0.25) is 5.91 Å². The third-order valence-electron chi connectivity index (χ3n) is 9.54. The normalized spacial score (nSPS) is 17.1. The minimum atomic E-state index is -1.67. The van der Waals surface area contributed by atoms with E-state index in [1.165, 1.54) is 0 Å². The number of amides is 1. The maximum Gasteiger partial charge on any atom is 0.244 e. The molecule has 2 aliphatic carbocycles. The highest BCUT2D eigenvalue weighted by molar-refractivity contribution is 6.39. The Bertz CT molecular complexity index is 2240. The lowest BCUT2D eigenvalue weighted by atomic mass is 9.65. The second kappa shape index (κ2) is 9.22. The predicted octanol–water partition coefficient (Wildman–Crippen LogP) is 7.39. The van der Waals surface area contributed by atoms with Crippen molar-refractivity contribution in [2.75, 3.05) is 10.2 Å². The number of carbonyl (C=O) groups is 3. The SMILES string of the molecule is Cc1cccc2c1NC(=O)C21C2=C(c3ccccc3C2=O)N(c2c(C)noc2/C=C/c2ccccc2)C2=C1C(=O)c1ccccc12. The number of hydrogen-bond acceptors (Lipinski definition) is 6. The summed E-state index contributed by atoms with van der Waals surface area (Å²) in [5, 5.41) is 7.46. The van der Waals surface area contributed by atoms with E-state index < -0.39 is 11.3 Å². The molecule has 5 aromatic rings. The molecule has 7 nitrogen and oxygen atoms in total. The van der Waals surface area contributed by atoms with Crippen LogP contribution in [0, 0.1) is 13.8 Å². The first-order valence-corrected chi connectivity index (χ1v) is 15.1. The van der Waals surface area contributed by atoms with Crippen LogP contribution in [0.25, 0.3) is 23.5 Å². The maximum absolute atomic E-state index is 14.7. The van der Waals surface area contributed by atoms with Crippen LogP contribution in [0.2, 0.25) is 0 Å². The zero-order chi connectivity index (χ0) is 31.3. The zero-order valence-electron chi connectivity index (χ0n) is 24.9. The second-order valence-corrected chi connectivity index (χ2v) is 12.0. The molecule has 2 aliphatic heterocycles. The smallest absolute Gasteiger partial charge is 0.244 e. The van der Waals surface area contributed by atoms with Crippen LogP contribution in [0.3, 0.4) is 0 Å². The zero-order valence-corrected chi connectivity index (χ0v) is 24.9. The van der Waals surface area contributed by atoms with Gasteiger partial charge >= 0.3 is 0 Å². The lowest BCUT2D eigenvalue weighted by molar-refractivity contribution is -0.118. The number of carbonyl (C=O) groups excluding carboxylic acids is 3. The van der Waals surface area contributed by atoms with Crippen LogP contribution < -0.4 is 10.2 Å². The van der Waals surface area contributed by atoms with E-state index in [1.807, 2.05) is 116 Å². The molecule has 0 bridgehead atoms. The molecule has 1 aromatic heterocycles. The van der Waals surface area contributed by atoms with Crippen LogP contribution >= 0.6 is 0 Å². The largest absolute Gasteiger partial charge is 0.354 e. The number of anilines is 2. The van der Waals surface area contributed by atoms with Gasteiger partial charge in [0.1, 0.15) is 16.8 Å². The van der Waals surface area contributed by atoms with Crippen molar-refractivity contribution in [3.63, 3.8) is 0 Å². The van der Waals surface area contributed by atoms with Gasteiger partial charge in [0.05, 0.1) is 11.4 Å². The van der Waals surface area contributed by atoms with E-state index >= 15 is 0 Å². The average Bonchev–Trinajstić information content (AvgIpc) is 3.78. The Kier molecular flexibility index (Phi) is 5.28. The Balaban J connectivity index is 1.42. The first-order valence-electron chi connectivity index (χ1n) is 15.1. The number of para-hydroxylation sites is 1. The van der Waals surface area contributed by atoms with E-state index in [-0.39, 0.29) is 22.7 Å². The Labute approximate surface area is 264 Å². The van der Waals surface area contributed by atoms with Crippen LogP contribution in [0.4, 0.5) is 11.4 Å². The third kappa shape index (κ3) is 3.16. The van der Waals surface area contributed by atoms with Crippen LogP contribution in [-0.4, -0.2) is 22.6 Å². The molecule has 0 unspecified atom stereocenters. The summed E-state index contributed by atoms with van der Waals surface area (Å²) in [4.78, 5) is 46.1. The molecule has 220 valence electrons. The lowest BCUT2D eigenvalue weighted by Crippen LogP contribution is -2.47. The molecule has 4 aromatic carbocycles. The number of fused-ring (bicyclic) bond motifs is 8. The molecule has 0 atom stereocenters. The molecule has 0 radical (unpaired) electrons. The molecule has 9 rings (SSSR count). The van der Waals surface area contributed by atoms with Crippen molar-refractivity contribution in [3.05, 3.63) is 159 Å². The number of Topliss-reactive ketones (excluding diaryl/α,β-unsaturated/α-hetero) is 2. The van der Waals surface area contributed by atoms with Crippen molar-refractivity contribution in [1.82, 2.24) is 5.16 Å². The summed E-state index contributed by atoms with van der Waals surface area (Å²) >= 11 is 0. The standard InChI is InChI=1S/C39H25N3O4/c1-21-11-10-18-28-32(21)40-38(45)39(28)30-34(24-14-6-8-16-26(24)36(30)43)42(35-25-15-7-9-17-27(25)37(44)31(35)39)33-22(2)41-46-29(33)20-19-23-12-4-3-5-13-23/h3-20H,1-2H3,(H,40,45)/b20-19+. The lowest BCUT2D eigenvalue weighted by Gasteiger charge is -2.40. The molecule has 1 amide bonds. The summed E-state index contributed by atoms with van der Waals surface area (Å²) in [6.45, 7) is 3.76. The van der Waals surface area contributed by atoms with Gasteiger partial charge in [-0.05, 0) is 31.1 Å². The van der Waals surface area contributed by atoms with E-state index in [1.54, 1.807) is 12.1 Å². The molecule has 0 saturated heterocycles. The molecule has 4 aliphatic rings. The van der Waals surface area contributed by atoms with Gasteiger partial charge in [-0.1, -0.05) is 108 Å². The highest BCUT2D eigenvalue weighted by Gasteiger charge is 2.65. The minimum absolute atomic E-state index is 0.258. The van der Waals surface area contributed by atoms with Crippen molar-refractivity contribution in [3.8, 4) is 0 Å². The van der Waals surface area contributed by atoms with Gasteiger partial charge in [0.25, 0.3) is 0 Å². The minimum Gasteiger partial charge on any atom is -0.354 e. The van der Waals surface area contributed by atoms with Crippen molar-refractivity contribution in [1.29, 1.82) is 0 Å². The summed E-state index contributed by atoms with van der Waals surface area (Å²) in [5.41, 5.74) is 6.47. The Hall–Kier alpha value is -6.08. The molecule has 1 spiro atoms. The van der Waals surface area contributed by atoms with Gasteiger partial charge in [-0.2, -0.15) is 0 Å². The summed E-state index contributed by atoms with van der Waals surface area (Å²) in [7, 11) is 0. The molecule has 7 heteroatoms. The summed E-state index contributed by atoms with van der Waals surface area (Å²) in [6, 6.07) is 30.3. The number of aryl methyl sites for hydroxylation is 2. The number of rotatable bonds is 3. The van der Waals surface area contributed by atoms with Crippen LogP contribution in [-0.2, 0) is 10.2 Å². The van der Waals surface area contributed by atoms with E-state index in [0.717, 1.165) is 11.1 Å². The van der Waals surface area contributed by atoms with Crippen molar-refractivity contribution in [2.45, 2.75) is 19.3 Å². The van der Waals surface area contributed by atoms with Crippen molar-refractivity contribution in [2.24, 2.45) is 0 Å². The van der Waals surface area contributed by atoms with Gasteiger partial charge in [0.15, 0.2) is 17.3 Å². The van der Waals surface area contributed by atoms with E-state index in [0.29, 0.717) is 62.0 Å². The molecule has 1 N–H and O–H groups in total. The molecule has 0 saturated carbocycles. The van der Waals surface area contributed by atoms with Gasteiger partial charge in [-0.25, -0.2) is 0 Å². The molecular weight excluding hydrogens is 574 g/mol. The average molecular weight is 600 g/mol. The molecular formula is C39H25N3O4. The van der Waals surface area contributed by atoms with Crippen LogP contribution in [0.15, 0.2) is 113 Å². The molecule has 3 heterocycles. The first kappa shape index (κ1) is 26.3. The first-order chi connectivity index (χ1) is 22.4. The van der Waals surface area contributed by atoms with Gasteiger partial charge in [-0.15, -0.1) is 0 Å². The van der Waals surface area contributed by atoms with E-state index in [2.05, 4.69) is 10.5 Å². The fraction of sp³-hybridized carbons (Fsp3) is 0.0769. The third-order valence-corrected chi connectivity index (χ3v) is 9.54. The monoisotopic (exact) mass is 599 g/mol. The highest BCUT2D eigenvalue weighted by Crippen LogP contribution is 2.63. The Morgan fingerprint density at radius 1 is 0.696 bits per heavy atom. The summed E-state index contributed by atoms with van der Waals surface area (Å²) < 4.78 is 5.93. The van der Waals surface area contributed by atoms with Crippen molar-refractivity contribution >= 4 is 52.4 Å². The fourth-order valence-electron chi connectivity index (χ4n) is 7.62. The molecule has 46 heavy (non-hydrogen) atoms. The topological polar surface area (TPSA) is 92.5 Å². The van der Waals surface area contributed by atoms with E-state index in [4.69, 9.17) is 4.52 Å². The Morgan fingerprint density at radius 2 is 1.28 bits per heavy atom. The number of ketones is 2. The number of benzene rings is 4. The van der Waals surface area contributed by atoms with Gasteiger partial charge in [0, 0.05) is 44.7 Å². The highest BCUT2D eigenvalue weighted by atomic mass is 16.5. The summed E-state index contributed by atoms with van der Waals surface area (Å²) in [6.07, 6.45) is 3.78. The molecule has 0 fully saturated rings. The quantitative estimate of drug-likeness (QED) is 0.233. The predicted molar refractivity (Wildman–Crippen MR) is 176 cm³/mol. The second-order valence-electron chi connectivity index (χ2n) is 12.0. The van der Waals surface area contributed by atoms with E-state index in [9.17, 15) is 14.4 Å². The van der Waals surface area contributed by atoms with Gasteiger partial charge in [-0.3, -0.25) is 14.4 Å².